The molecule has 2 aliphatic rings. The van der Waals surface area contributed by atoms with E-state index in [2.05, 4.69) is 4.90 Å². The lowest BCUT2D eigenvalue weighted by Crippen LogP contribution is -2.48. The van der Waals surface area contributed by atoms with E-state index in [9.17, 15) is 0 Å². The van der Waals surface area contributed by atoms with Crippen LogP contribution in [-0.4, -0.2) is 37.2 Å². The van der Waals surface area contributed by atoms with Crippen LogP contribution in [0.15, 0.2) is 0 Å². The van der Waals surface area contributed by atoms with Gasteiger partial charge in [0.15, 0.2) is 0 Å². The van der Waals surface area contributed by atoms with Gasteiger partial charge in [-0.3, -0.25) is 4.90 Å². The first kappa shape index (κ1) is 6.62. The summed E-state index contributed by atoms with van der Waals surface area (Å²) < 4.78 is 5.40. The van der Waals surface area contributed by atoms with Gasteiger partial charge < -0.3 is 4.74 Å². The number of hydrogen-bond acceptors (Lipinski definition) is 2. The molecule has 0 saturated carbocycles. The smallest absolute Gasteiger partial charge is 0.0621 e. The SMILES string of the molecule is C1COC[C@@H](N2CCC2)C1. The van der Waals surface area contributed by atoms with Crippen molar-refractivity contribution >= 4 is 0 Å². The predicted molar refractivity (Wildman–Crippen MR) is 40.0 cm³/mol. The third-order valence-corrected chi connectivity index (χ3v) is 2.54. The van der Waals surface area contributed by atoms with Crippen molar-refractivity contribution in [2.75, 3.05) is 26.3 Å². The van der Waals surface area contributed by atoms with Gasteiger partial charge in [0.2, 0.25) is 0 Å². The van der Waals surface area contributed by atoms with E-state index in [1.165, 1.54) is 32.4 Å². The molecule has 0 N–H and O–H groups in total. The van der Waals surface area contributed by atoms with Crippen LogP contribution in [0, 0.1) is 0 Å². The molecule has 10 heavy (non-hydrogen) atoms. The molecule has 2 saturated heterocycles. The summed E-state index contributed by atoms with van der Waals surface area (Å²) in [4.78, 5) is 2.54. The average Bonchev–Trinajstić information content (AvgIpc) is 1.86. The Kier molecular flexibility index (Phi) is 1.91. The average molecular weight is 141 g/mol. The highest BCUT2D eigenvalue weighted by atomic mass is 16.5. The predicted octanol–water partition coefficient (Wildman–Crippen LogP) is 0.871. The third kappa shape index (κ3) is 1.18. The first-order valence-electron chi connectivity index (χ1n) is 4.28. The molecule has 2 fully saturated rings. The first-order chi connectivity index (χ1) is 4.97. The summed E-state index contributed by atoms with van der Waals surface area (Å²) >= 11 is 0. The minimum Gasteiger partial charge on any atom is -0.380 e. The van der Waals surface area contributed by atoms with Crippen LogP contribution >= 0.6 is 0 Å². The van der Waals surface area contributed by atoms with Crippen molar-refractivity contribution < 1.29 is 4.74 Å². The highest BCUT2D eigenvalue weighted by Crippen LogP contribution is 2.18. The first-order valence-corrected chi connectivity index (χ1v) is 4.28. The van der Waals surface area contributed by atoms with E-state index >= 15 is 0 Å². The van der Waals surface area contributed by atoms with Gasteiger partial charge in [0.05, 0.1) is 6.61 Å². The maximum atomic E-state index is 5.40. The van der Waals surface area contributed by atoms with Gasteiger partial charge in [-0.05, 0) is 32.4 Å². The lowest BCUT2D eigenvalue weighted by atomic mass is 10.0. The lowest BCUT2D eigenvalue weighted by molar-refractivity contribution is -0.00582. The summed E-state index contributed by atoms with van der Waals surface area (Å²) in [7, 11) is 0. The highest BCUT2D eigenvalue weighted by Gasteiger charge is 2.25. The molecule has 0 radical (unpaired) electrons. The van der Waals surface area contributed by atoms with Crippen LogP contribution in [0.1, 0.15) is 19.3 Å². The Balaban J connectivity index is 1.78. The van der Waals surface area contributed by atoms with Gasteiger partial charge in [-0.25, -0.2) is 0 Å². The molecule has 0 aromatic heterocycles. The van der Waals surface area contributed by atoms with Crippen LogP contribution in [0.2, 0.25) is 0 Å². The van der Waals surface area contributed by atoms with Gasteiger partial charge in [0, 0.05) is 12.6 Å². The summed E-state index contributed by atoms with van der Waals surface area (Å²) in [6, 6.07) is 0.766. The molecule has 0 aromatic carbocycles. The second-order valence-corrected chi connectivity index (χ2v) is 3.26. The van der Waals surface area contributed by atoms with Crippen molar-refractivity contribution in [2.45, 2.75) is 25.3 Å². The molecule has 0 bridgehead atoms. The van der Waals surface area contributed by atoms with Crippen LogP contribution < -0.4 is 0 Å². The molecule has 0 unspecified atom stereocenters. The summed E-state index contributed by atoms with van der Waals surface area (Å²) in [5, 5.41) is 0. The van der Waals surface area contributed by atoms with E-state index in [1.807, 2.05) is 0 Å². The van der Waals surface area contributed by atoms with Crippen LogP contribution in [0.3, 0.4) is 0 Å². The van der Waals surface area contributed by atoms with Crippen molar-refractivity contribution in [3.63, 3.8) is 0 Å². The van der Waals surface area contributed by atoms with Crippen LogP contribution in [0.25, 0.3) is 0 Å². The fourth-order valence-electron chi connectivity index (χ4n) is 1.72. The molecule has 2 aliphatic heterocycles. The molecule has 0 spiro atoms. The molecule has 2 nitrogen and oxygen atoms in total. The number of ether oxygens (including phenoxy) is 1. The van der Waals surface area contributed by atoms with Crippen molar-refractivity contribution in [1.29, 1.82) is 0 Å². The van der Waals surface area contributed by atoms with Crippen molar-refractivity contribution in [2.24, 2.45) is 0 Å². The molecular weight excluding hydrogens is 126 g/mol. The number of nitrogens with zero attached hydrogens (tertiary/aromatic N) is 1. The molecule has 0 aliphatic carbocycles. The summed E-state index contributed by atoms with van der Waals surface area (Å²) in [6.07, 6.45) is 4.03. The summed E-state index contributed by atoms with van der Waals surface area (Å²) in [6.45, 7) is 4.60. The quantitative estimate of drug-likeness (QED) is 0.537. The van der Waals surface area contributed by atoms with Gasteiger partial charge in [-0.15, -0.1) is 0 Å². The molecule has 2 heterocycles. The van der Waals surface area contributed by atoms with Crippen LogP contribution in [0.5, 0.6) is 0 Å². The zero-order valence-electron chi connectivity index (χ0n) is 6.38. The van der Waals surface area contributed by atoms with Crippen LogP contribution in [-0.2, 0) is 4.74 Å². The van der Waals surface area contributed by atoms with Crippen LogP contribution in [0.4, 0.5) is 0 Å². The Bertz CT molecular complexity index is 106. The molecule has 2 rings (SSSR count). The molecule has 58 valence electrons. The molecule has 1 atom stereocenters. The summed E-state index contributed by atoms with van der Waals surface area (Å²) in [5.41, 5.74) is 0. The summed E-state index contributed by atoms with van der Waals surface area (Å²) in [5.74, 6) is 0. The van der Waals surface area contributed by atoms with E-state index < -0.39 is 0 Å². The van der Waals surface area contributed by atoms with Crippen molar-refractivity contribution in [1.82, 2.24) is 4.90 Å². The van der Waals surface area contributed by atoms with Gasteiger partial charge >= 0.3 is 0 Å². The largest absolute Gasteiger partial charge is 0.380 e. The fraction of sp³-hybridized carbons (Fsp3) is 1.00. The topological polar surface area (TPSA) is 12.5 Å². The highest BCUT2D eigenvalue weighted by molar-refractivity contribution is 4.79. The van der Waals surface area contributed by atoms with E-state index in [-0.39, 0.29) is 0 Å². The Morgan fingerprint density at radius 3 is 2.60 bits per heavy atom. The maximum Gasteiger partial charge on any atom is 0.0621 e. The number of likely N-dealkylation sites (tertiary alicyclic amines) is 1. The van der Waals surface area contributed by atoms with E-state index in [0.29, 0.717) is 0 Å². The Hall–Kier alpha value is -0.0800. The maximum absolute atomic E-state index is 5.40. The molecule has 2 heteroatoms. The van der Waals surface area contributed by atoms with Crippen molar-refractivity contribution in [3.8, 4) is 0 Å². The van der Waals surface area contributed by atoms with E-state index in [1.54, 1.807) is 0 Å². The monoisotopic (exact) mass is 141 g/mol. The number of rotatable bonds is 1. The minimum absolute atomic E-state index is 0.766. The molecule has 0 amide bonds. The zero-order chi connectivity index (χ0) is 6.81. The lowest BCUT2D eigenvalue weighted by Gasteiger charge is -2.39. The van der Waals surface area contributed by atoms with Crippen molar-refractivity contribution in [3.05, 3.63) is 0 Å². The number of hydrogen-bond donors (Lipinski definition) is 0. The second-order valence-electron chi connectivity index (χ2n) is 3.26. The fourth-order valence-corrected chi connectivity index (χ4v) is 1.72. The van der Waals surface area contributed by atoms with Gasteiger partial charge in [0.25, 0.3) is 0 Å². The zero-order valence-corrected chi connectivity index (χ0v) is 6.38. The van der Waals surface area contributed by atoms with E-state index in [4.69, 9.17) is 4.74 Å². The minimum atomic E-state index is 0.766. The van der Waals surface area contributed by atoms with Gasteiger partial charge in [0.1, 0.15) is 0 Å². The third-order valence-electron chi connectivity index (χ3n) is 2.54. The van der Waals surface area contributed by atoms with Gasteiger partial charge in [-0.1, -0.05) is 0 Å². The second kappa shape index (κ2) is 2.89. The standard InChI is InChI=1S/C8H15NO/c1-3-8(7-10-6-1)9-4-2-5-9/h8H,1-7H2/t8-/m0/s1. The normalized spacial score (nSPS) is 35.4. The molecule has 0 aromatic rings. The Morgan fingerprint density at radius 1 is 1.20 bits per heavy atom. The van der Waals surface area contributed by atoms with E-state index in [0.717, 1.165) is 19.3 Å². The molecular formula is C8H15NO. The van der Waals surface area contributed by atoms with Gasteiger partial charge in [-0.2, -0.15) is 0 Å². The Morgan fingerprint density at radius 2 is 2.10 bits per heavy atom. The Labute approximate surface area is 62.2 Å².